The topological polar surface area (TPSA) is 55.5 Å². The molecule has 154 valence electrons. The van der Waals surface area contributed by atoms with E-state index in [-0.39, 0.29) is 12.6 Å². The number of hydrogen-bond acceptors (Lipinski definition) is 2. The van der Waals surface area contributed by atoms with Gasteiger partial charge < -0.3 is 15.6 Å². The Bertz CT molecular complexity index is 778. The van der Waals surface area contributed by atoms with Crippen molar-refractivity contribution in [1.29, 1.82) is 0 Å². The molecule has 0 unspecified atom stereocenters. The van der Waals surface area contributed by atoms with Gasteiger partial charge in [0.15, 0.2) is 5.96 Å². The van der Waals surface area contributed by atoms with Gasteiger partial charge in [0.1, 0.15) is 0 Å². The van der Waals surface area contributed by atoms with Gasteiger partial charge in [-0.3, -0.25) is 9.89 Å². The molecule has 3 rings (SSSR count). The van der Waals surface area contributed by atoms with Crippen LogP contribution in [0.5, 0.6) is 0 Å². The normalized spacial score (nSPS) is 16.8. The minimum absolute atomic E-state index is 0.121. The zero-order valence-electron chi connectivity index (χ0n) is 16.8. The molecular formula is C21H31F2N5. The first-order chi connectivity index (χ1) is 13.6. The van der Waals surface area contributed by atoms with Crippen molar-refractivity contribution in [3.05, 3.63) is 35.5 Å². The van der Waals surface area contributed by atoms with Gasteiger partial charge in [-0.15, -0.1) is 0 Å². The van der Waals surface area contributed by atoms with Crippen LogP contribution < -0.4 is 10.6 Å². The van der Waals surface area contributed by atoms with Crippen LogP contribution >= 0.6 is 0 Å². The molecule has 0 amide bonds. The summed E-state index contributed by atoms with van der Waals surface area (Å²) in [6, 6.07) is 6.73. The highest BCUT2D eigenvalue weighted by Crippen LogP contribution is 2.22. The van der Waals surface area contributed by atoms with Crippen molar-refractivity contribution >= 4 is 16.9 Å². The van der Waals surface area contributed by atoms with Gasteiger partial charge in [0, 0.05) is 49.8 Å². The summed E-state index contributed by atoms with van der Waals surface area (Å²) in [5.41, 5.74) is 3.87. The largest absolute Gasteiger partial charge is 0.361 e. The van der Waals surface area contributed by atoms with E-state index in [9.17, 15) is 8.78 Å². The van der Waals surface area contributed by atoms with E-state index in [1.165, 1.54) is 22.0 Å². The molecule has 1 aromatic carbocycles. The molecule has 1 aromatic heterocycles. The van der Waals surface area contributed by atoms with E-state index in [1.807, 2.05) is 4.90 Å². The number of piperidine rings is 1. The molecule has 0 atom stereocenters. The maximum absolute atomic E-state index is 12.5. The number of aromatic nitrogens is 1. The van der Waals surface area contributed by atoms with E-state index in [0.717, 1.165) is 38.2 Å². The molecule has 0 saturated carbocycles. The Morgan fingerprint density at radius 2 is 2.07 bits per heavy atom. The van der Waals surface area contributed by atoms with E-state index in [2.05, 4.69) is 51.9 Å². The average molecular weight is 392 g/mol. The van der Waals surface area contributed by atoms with Gasteiger partial charge in [-0.25, -0.2) is 8.78 Å². The van der Waals surface area contributed by atoms with Crippen molar-refractivity contribution in [1.82, 2.24) is 20.5 Å². The molecule has 0 spiro atoms. The quantitative estimate of drug-likeness (QED) is 0.502. The van der Waals surface area contributed by atoms with Crippen molar-refractivity contribution in [2.24, 2.45) is 4.99 Å². The molecule has 2 aromatic rings. The summed E-state index contributed by atoms with van der Waals surface area (Å²) in [5.74, 6) is 0.779. The predicted octanol–water partition coefficient (Wildman–Crippen LogP) is 3.17. The zero-order chi connectivity index (χ0) is 19.9. The molecule has 7 heteroatoms. The van der Waals surface area contributed by atoms with E-state index < -0.39 is 6.43 Å². The molecule has 0 bridgehead atoms. The SMILES string of the molecule is CCc1cccc2c(CCNC(=NC)NC3CCN(CC(F)F)CC3)c[nH]c12. The summed E-state index contributed by atoms with van der Waals surface area (Å²) in [5, 5.41) is 8.10. The number of aromatic amines is 1. The Kier molecular flexibility index (Phi) is 7.25. The van der Waals surface area contributed by atoms with Gasteiger partial charge in [-0.1, -0.05) is 25.1 Å². The van der Waals surface area contributed by atoms with E-state index in [0.29, 0.717) is 13.1 Å². The van der Waals surface area contributed by atoms with Crippen molar-refractivity contribution in [2.75, 3.05) is 33.2 Å². The Labute approximate surface area is 165 Å². The molecule has 1 aliphatic heterocycles. The molecular weight excluding hydrogens is 360 g/mol. The summed E-state index contributed by atoms with van der Waals surface area (Å²) in [6.07, 6.45) is 3.48. The van der Waals surface area contributed by atoms with Gasteiger partial charge in [-0.05, 0) is 36.8 Å². The maximum Gasteiger partial charge on any atom is 0.251 e. The summed E-state index contributed by atoms with van der Waals surface area (Å²) in [7, 11) is 1.76. The molecule has 28 heavy (non-hydrogen) atoms. The van der Waals surface area contributed by atoms with Crippen LogP contribution in [0.15, 0.2) is 29.4 Å². The Hall–Kier alpha value is -2.15. The molecule has 0 radical (unpaired) electrons. The van der Waals surface area contributed by atoms with Gasteiger partial charge in [-0.2, -0.15) is 0 Å². The third-order valence-corrected chi connectivity index (χ3v) is 5.50. The number of benzene rings is 1. The van der Waals surface area contributed by atoms with Crippen molar-refractivity contribution in [3.63, 3.8) is 0 Å². The molecule has 2 heterocycles. The Morgan fingerprint density at radius 3 is 2.75 bits per heavy atom. The molecule has 0 aliphatic carbocycles. The van der Waals surface area contributed by atoms with Crippen molar-refractivity contribution in [3.8, 4) is 0 Å². The third-order valence-electron chi connectivity index (χ3n) is 5.50. The molecule has 1 fully saturated rings. The van der Waals surface area contributed by atoms with Crippen LogP contribution in [0.2, 0.25) is 0 Å². The number of guanidine groups is 1. The lowest BCUT2D eigenvalue weighted by Gasteiger charge is -2.32. The number of rotatable bonds is 7. The van der Waals surface area contributed by atoms with Crippen LogP contribution in [-0.4, -0.2) is 61.5 Å². The number of H-pyrrole nitrogens is 1. The highest BCUT2D eigenvalue weighted by Gasteiger charge is 2.21. The number of nitrogens with one attached hydrogen (secondary N) is 3. The summed E-state index contributed by atoms with van der Waals surface area (Å²) < 4.78 is 25.0. The molecule has 3 N–H and O–H groups in total. The maximum atomic E-state index is 12.5. The number of fused-ring (bicyclic) bond motifs is 1. The first kappa shape index (κ1) is 20.6. The number of para-hydroxylation sites is 1. The Morgan fingerprint density at radius 1 is 1.29 bits per heavy atom. The third kappa shape index (κ3) is 5.22. The summed E-state index contributed by atoms with van der Waals surface area (Å²) in [4.78, 5) is 9.56. The van der Waals surface area contributed by atoms with Gasteiger partial charge >= 0.3 is 0 Å². The lowest BCUT2D eigenvalue weighted by Crippen LogP contribution is -2.49. The Balaban J connectivity index is 1.46. The fourth-order valence-electron chi connectivity index (χ4n) is 3.94. The molecule has 1 saturated heterocycles. The van der Waals surface area contributed by atoms with E-state index >= 15 is 0 Å². The van der Waals surface area contributed by atoms with Gasteiger partial charge in [0.25, 0.3) is 6.43 Å². The summed E-state index contributed by atoms with van der Waals surface area (Å²) >= 11 is 0. The first-order valence-corrected chi connectivity index (χ1v) is 10.2. The van der Waals surface area contributed by atoms with Crippen LogP contribution in [0.25, 0.3) is 10.9 Å². The van der Waals surface area contributed by atoms with Crippen LogP contribution in [0.1, 0.15) is 30.9 Å². The highest BCUT2D eigenvalue weighted by molar-refractivity contribution is 5.86. The fraction of sp³-hybridized carbons (Fsp3) is 0.571. The number of aryl methyl sites for hydroxylation is 1. The second-order valence-electron chi connectivity index (χ2n) is 7.37. The number of likely N-dealkylation sites (tertiary alicyclic amines) is 1. The van der Waals surface area contributed by atoms with Crippen LogP contribution in [0, 0.1) is 0 Å². The van der Waals surface area contributed by atoms with Gasteiger partial charge in [0.2, 0.25) is 0 Å². The minimum Gasteiger partial charge on any atom is -0.361 e. The average Bonchev–Trinajstić information content (AvgIpc) is 3.11. The molecule has 5 nitrogen and oxygen atoms in total. The van der Waals surface area contributed by atoms with E-state index in [4.69, 9.17) is 0 Å². The smallest absolute Gasteiger partial charge is 0.251 e. The number of halogens is 2. The second-order valence-corrected chi connectivity index (χ2v) is 7.37. The molecule has 1 aliphatic rings. The van der Waals surface area contributed by atoms with Crippen molar-refractivity contribution < 1.29 is 8.78 Å². The van der Waals surface area contributed by atoms with Crippen molar-refractivity contribution in [2.45, 2.75) is 45.1 Å². The lowest BCUT2D eigenvalue weighted by atomic mass is 10.1. The minimum atomic E-state index is -2.25. The van der Waals surface area contributed by atoms with Crippen LogP contribution in [0.4, 0.5) is 8.78 Å². The first-order valence-electron chi connectivity index (χ1n) is 10.2. The number of alkyl halides is 2. The zero-order valence-corrected chi connectivity index (χ0v) is 16.8. The predicted molar refractivity (Wildman–Crippen MR) is 111 cm³/mol. The monoisotopic (exact) mass is 391 g/mol. The summed E-state index contributed by atoms with van der Waals surface area (Å²) in [6.45, 7) is 4.24. The number of aliphatic imine (C=N–C) groups is 1. The van der Waals surface area contributed by atoms with Gasteiger partial charge in [0.05, 0.1) is 6.54 Å². The fourth-order valence-corrected chi connectivity index (χ4v) is 3.94. The second kappa shape index (κ2) is 9.87. The highest BCUT2D eigenvalue weighted by atomic mass is 19.3. The lowest BCUT2D eigenvalue weighted by molar-refractivity contribution is 0.0744. The van der Waals surface area contributed by atoms with Crippen LogP contribution in [-0.2, 0) is 12.8 Å². The van der Waals surface area contributed by atoms with E-state index in [1.54, 1.807) is 7.05 Å². The number of nitrogens with zero attached hydrogens (tertiary/aromatic N) is 2. The number of hydrogen-bond donors (Lipinski definition) is 3. The standard InChI is InChI=1S/C21H31F2N5/c1-3-15-5-4-6-18-16(13-26-20(15)18)7-10-25-21(24-2)27-17-8-11-28(12-9-17)14-19(22)23/h4-6,13,17,19,26H,3,7-12,14H2,1-2H3,(H2,24,25,27). The van der Waals surface area contributed by atoms with Crippen LogP contribution in [0.3, 0.4) is 0 Å².